The summed E-state index contributed by atoms with van der Waals surface area (Å²) in [5.41, 5.74) is 9.53. The van der Waals surface area contributed by atoms with Crippen LogP contribution in [0.15, 0.2) is 18.2 Å². The molecule has 0 aromatic heterocycles. The van der Waals surface area contributed by atoms with Crippen LogP contribution in [0.4, 0.5) is 5.69 Å². The molecular formula is C14H21N3O. The van der Waals surface area contributed by atoms with E-state index in [1.54, 1.807) is 7.05 Å². The highest BCUT2D eigenvalue weighted by Gasteiger charge is 2.17. The van der Waals surface area contributed by atoms with E-state index in [2.05, 4.69) is 16.3 Å². The van der Waals surface area contributed by atoms with Gasteiger partial charge in [0.1, 0.15) is 0 Å². The molecule has 0 unspecified atom stereocenters. The molecule has 0 saturated heterocycles. The maximum atomic E-state index is 11.2. The third-order valence-corrected chi connectivity index (χ3v) is 3.54. The number of nitrogens with one attached hydrogen (secondary N) is 1. The quantitative estimate of drug-likeness (QED) is 0.785. The molecule has 0 aliphatic carbocycles. The zero-order valence-electron chi connectivity index (χ0n) is 10.9. The van der Waals surface area contributed by atoms with Crippen LogP contribution in [-0.4, -0.2) is 30.9 Å². The molecule has 3 N–H and O–H groups in total. The van der Waals surface area contributed by atoms with Gasteiger partial charge in [0.05, 0.1) is 0 Å². The van der Waals surface area contributed by atoms with E-state index >= 15 is 0 Å². The summed E-state index contributed by atoms with van der Waals surface area (Å²) >= 11 is 0. The van der Waals surface area contributed by atoms with E-state index in [9.17, 15) is 4.79 Å². The largest absolute Gasteiger partial charge is 0.398 e. The van der Waals surface area contributed by atoms with Crippen molar-refractivity contribution in [3.8, 4) is 0 Å². The Labute approximate surface area is 108 Å². The molecule has 98 valence electrons. The number of amides is 1. The van der Waals surface area contributed by atoms with Crippen LogP contribution in [0.5, 0.6) is 0 Å². The van der Waals surface area contributed by atoms with E-state index in [4.69, 9.17) is 5.73 Å². The minimum Gasteiger partial charge on any atom is -0.398 e. The summed E-state index contributed by atoms with van der Waals surface area (Å²) in [5.74, 6) is 0.122. The van der Waals surface area contributed by atoms with Gasteiger partial charge in [-0.3, -0.25) is 9.69 Å². The van der Waals surface area contributed by atoms with Gasteiger partial charge in [-0.25, -0.2) is 0 Å². The van der Waals surface area contributed by atoms with Crippen molar-refractivity contribution in [2.24, 2.45) is 0 Å². The highest BCUT2D eigenvalue weighted by Crippen LogP contribution is 2.24. The van der Waals surface area contributed by atoms with Crippen LogP contribution < -0.4 is 11.1 Å². The molecule has 1 heterocycles. The molecule has 1 aliphatic heterocycles. The Morgan fingerprint density at radius 1 is 1.50 bits per heavy atom. The highest BCUT2D eigenvalue weighted by molar-refractivity contribution is 5.75. The average molecular weight is 247 g/mol. The lowest BCUT2D eigenvalue weighted by atomic mass is 9.98. The zero-order valence-corrected chi connectivity index (χ0v) is 10.9. The number of carbonyl (C=O) groups is 1. The molecule has 0 saturated carbocycles. The Morgan fingerprint density at radius 2 is 2.33 bits per heavy atom. The van der Waals surface area contributed by atoms with Gasteiger partial charge in [-0.15, -0.1) is 0 Å². The second kappa shape index (κ2) is 5.87. The van der Waals surface area contributed by atoms with Crippen molar-refractivity contribution in [2.45, 2.75) is 25.8 Å². The number of benzene rings is 1. The maximum absolute atomic E-state index is 11.2. The van der Waals surface area contributed by atoms with Crippen LogP contribution in [-0.2, 0) is 17.8 Å². The third-order valence-electron chi connectivity index (χ3n) is 3.54. The number of hydrogen-bond acceptors (Lipinski definition) is 3. The molecule has 4 nitrogen and oxygen atoms in total. The Balaban J connectivity index is 1.86. The third kappa shape index (κ3) is 3.01. The first-order valence-corrected chi connectivity index (χ1v) is 6.50. The standard InChI is InChI=1S/C14H21N3O/c1-16-14(18)6-3-8-17-9-7-12-11(10-17)4-2-5-13(12)15/h2,4-5H,3,6-10,15H2,1H3,(H,16,18). The van der Waals surface area contributed by atoms with Gasteiger partial charge in [-0.05, 0) is 36.6 Å². The summed E-state index contributed by atoms with van der Waals surface area (Å²) < 4.78 is 0. The van der Waals surface area contributed by atoms with E-state index in [1.807, 2.05) is 12.1 Å². The fourth-order valence-corrected chi connectivity index (χ4v) is 2.48. The fourth-order valence-electron chi connectivity index (χ4n) is 2.48. The molecule has 0 bridgehead atoms. The molecule has 0 fully saturated rings. The number of hydrogen-bond donors (Lipinski definition) is 2. The van der Waals surface area contributed by atoms with E-state index in [0.717, 1.165) is 38.2 Å². The van der Waals surface area contributed by atoms with Crippen LogP contribution in [0.3, 0.4) is 0 Å². The van der Waals surface area contributed by atoms with Gasteiger partial charge in [0.2, 0.25) is 5.91 Å². The summed E-state index contributed by atoms with van der Waals surface area (Å²) in [6.45, 7) is 2.96. The van der Waals surface area contributed by atoms with Gasteiger partial charge < -0.3 is 11.1 Å². The molecular weight excluding hydrogens is 226 g/mol. The van der Waals surface area contributed by atoms with Gasteiger partial charge in [-0.1, -0.05) is 12.1 Å². The first-order chi connectivity index (χ1) is 8.70. The van der Waals surface area contributed by atoms with Crippen LogP contribution in [0, 0.1) is 0 Å². The minimum absolute atomic E-state index is 0.122. The number of nitrogens with two attached hydrogens (primary N) is 1. The Bertz CT molecular complexity index is 431. The first kappa shape index (κ1) is 12.9. The lowest BCUT2D eigenvalue weighted by molar-refractivity contribution is -0.120. The van der Waals surface area contributed by atoms with Gasteiger partial charge in [0, 0.05) is 32.2 Å². The smallest absolute Gasteiger partial charge is 0.219 e. The predicted octanol–water partition coefficient (Wildman–Crippen LogP) is 1.15. The van der Waals surface area contributed by atoms with E-state index in [1.165, 1.54) is 11.1 Å². The van der Waals surface area contributed by atoms with E-state index in [0.29, 0.717) is 6.42 Å². The average Bonchev–Trinajstić information content (AvgIpc) is 2.38. The Morgan fingerprint density at radius 3 is 3.11 bits per heavy atom. The molecule has 1 aromatic rings. The molecule has 0 atom stereocenters. The van der Waals surface area contributed by atoms with Crippen molar-refractivity contribution >= 4 is 11.6 Å². The molecule has 1 aliphatic rings. The van der Waals surface area contributed by atoms with Gasteiger partial charge in [0.15, 0.2) is 0 Å². The Hall–Kier alpha value is -1.55. The maximum Gasteiger partial charge on any atom is 0.219 e. The Kier molecular flexibility index (Phi) is 4.20. The minimum atomic E-state index is 0.122. The summed E-state index contributed by atoms with van der Waals surface area (Å²) in [5, 5.41) is 2.65. The monoisotopic (exact) mass is 247 g/mol. The van der Waals surface area contributed by atoms with Crippen LogP contribution in [0.25, 0.3) is 0 Å². The van der Waals surface area contributed by atoms with Gasteiger partial charge >= 0.3 is 0 Å². The topological polar surface area (TPSA) is 58.4 Å². The fraction of sp³-hybridized carbons (Fsp3) is 0.500. The summed E-state index contributed by atoms with van der Waals surface area (Å²) in [7, 11) is 1.68. The lowest BCUT2D eigenvalue weighted by Crippen LogP contribution is -2.32. The molecule has 18 heavy (non-hydrogen) atoms. The van der Waals surface area contributed by atoms with Crippen LogP contribution in [0.1, 0.15) is 24.0 Å². The molecule has 1 aromatic carbocycles. The van der Waals surface area contributed by atoms with Crippen molar-refractivity contribution in [3.63, 3.8) is 0 Å². The lowest BCUT2D eigenvalue weighted by Gasteiger charge is -2.29. The second-order valence-corrected chi connectivity index (χ2v) is 4.79. The van der Waals surface area contributed by atoms with E-state index in [-0.39, 0.29) is 5.91 Å². The van der Waals surface area contributed by atoms with Crippen molar-refractivity contribution in [2.75, 3.05) is 25.9 Å². The first-order valence-electron chi connectivity index (χ1n) is 6.50. The number of rotatable bonds is 4. The molecule has 4 heteroatoms. The second-order valence-electron chi connectivity index (χ2n) is 4.79. The normalized spacial score (nSPS) is 15.2. The SMILES string of the molecule is CNC(=O)CCCN1CCc2c(N)cccc2C1. The molecule has 0 radical (unpaired) electrons. The highest BCUT2D eigenvalue weighted by atomic mass is 16.1. The number of fused-ring (bicyclic) bond motifs is 1. The number of anilines is 1. The van der Waals surface area contributed by atoms with Crippen LogP contribution >= 0.6 is 0 Å². The predicted molar refractivity (Wildman–Crippen MR) is 73.1 cm³/mol. The van der Waals surface area contributed by atoms with Crippen molar-refractivity contribution in [3.05, 3.63) is 29.3 Å². The van der Waals surface area contributed by atoms with Crippen LogP contribution in [0.2, 0.25) is 0 Å². The van der Waals surface area contributed by atoms with Gasteiger partial charge in [0.25, 0.3) is 0 Å². The van der Waals surface area contributed by atoms with E-state index < -0.39 is 0 Å². The number of nitrogen functional groups attached to an aromatic ring is 1. The molecule has 1 amide bonds. The number of carbonyl (C=O) groups excluding carboxylic acids is 1. The van der Waals surface area contributed by atoms with Crippen molar-refractivity contribution < 1.29 is 4.79 Å². The molecule has 2 rings (SSSR count). The summed E-state index contributed by atoms with van der Waals surface area (Å²) in [4.78, 5) is 13.5. The summed E-state index contributed by atoms with van der Waals surface area (Å²) in [6.07, 6.45) is 2.54. The van der Waals surface area contributed by atoms with Gasteiger partial charge in [-0.2, -0.15) is 0 Å². The zero-order chi connectivity index (χ0) is 13.0. The van der Waals surface area contributed by atoms with Crippen molar-refractivity contribution in [1.29, 1.82) is 0 Å². The summed E-state index contributed by atoms with van der Waals surface area (Å²) in [6, 6.07) is 6.14. The molecule has 0 spiro atoms. The van der Waals surface area contributed by atoms with Crippen molar-refractivity contribution in [1.82, 2.24) is 10.2 Å². The number of nitrogens with zero attached hydrogens (tertiary/aromatic N) is 1.